The number of carbonyl (C=O) groups excluding carboxylic acids is 2. The average Bonchev–Trinajstić information content (AvgIpc) is 2.93. The van der Waals surface area contributed by atoms with Gasteiger partial charge in [-0.2, -0.15) is 0 Å². The van der Waals surface area contributed by atoms with Crippen LogP contribution in [0.25, 0.3) is 0 Å². The van der Waals surface area contributed by atoms with Gasteiger partial charge >= 0.3 is 18.0 Å². The highest BCUT2D eigenvalue weighted by Crippen LogP contribution is 2.21. The molecule has 0 aliphatic heterocycles. The Morgan fingerprint density at radius 1 is 1.23 bits per heavy atom. The van der Waals surface area contributed by atoms with Gasteiger partial charge in [-0.3, -0.25) is 4.79 Å². The smallest absolute Gasteiger partial charge is 0.407 e. The lowest BCUT2D eigenvalue weighted by molar-refractivity contribution is -0.151. The van der Waals surface area contributed by atoms with Crippen molar-refractivity contribution in [1.82, 2.24) is 5.32 Å². The van der Waals surface area contributed by atoms with E-state index < -0.39 is 24.1 Å². The number of rotatable bonds is 8. The molecule has 1 aliphatic rings. The van der Waals surface area contributed by atoms with Crippen molar-refractivity contribution in [2.45, 2.75) is 64.5 Å². The van der Waals surface area contributed by atoms with E-state index in [1.54, 1.807) is 0 Å². The van der Waals surface area contributed by atoms with Crippen LogP contribution in [-0.4, -0.2) is 41.9 Å². The second-order valence-electron chi connectivity index (χ2n) is 5.96. The molecule has 1 saturated carbocycles. The topological polar surface area (TPSA) is 102 Å². The van der Waals surface area contributed by atoms with Gasteiger partial charge in [-0.15, -0.1) is 0 Å². The first-order valence-electron chi connectivity index (χ1n) is 7.74. The van der Waals surface area contributed by atoms with Gasteiger partial charge in [0.1, 0.15) is 12.1 Å². The molecule has 0 aromatic carbocycles. The van der Waals surface area contributed by atoms with Crippen LogP contribution < -0.4 is 5.32 Å². The van der Waals surface area contributed by atoms with E-state index in [2.05, 4.69) is 5.32 Å². The standard InChI is InChI=1S/C15H25NO6/c1-10(2)9-21-15(20)16-12(7-8-13(17)18)14(19)22-11-5-3-4-6-11/h10-12H,3-9H2,1-2H3,(H,16,20)(H,17,18)/t12-/m1/s1. The van der Waals surface area contributed by atoms with Gasteiger partial charge in [0, 0.05) is 6.42 Å². The van der Waals surface area contributed by atoms with Crippen LogP contribution in [-0.2, 0) is 19.1 Å². The number of aliphatic carboxylic acids is 1. The zero-order valence-corrected chi connectivity index (χ0v) is 13.2. The summed E-state index contributed by atoms with van der Waals surface area (Å²) >= 11 is 0. The molecule has 7 nitrogen and oxygen atoms in total. The van der Waals surface area contributed by atoms with E-state index in [1.165, 1.54) is 0 Å². The van der Waals surface area contributed by atoms with E-state index in [9.17, 15) is 14.4 Å². The number of hydrogen-bond donors (Lipinski definition) is 2. The van der Waals surface area contributed by atoms with Gasteiger partial charge in [0.15, 0.2) is 0 Å². The lowest BCUT2D eigenvalue weighted by atomic mass is 10.1. The Morgan fingerprint density at radius 2 is 1.86 bits per heavy atom. The zero-order valence-electron chi connectivity index (χ0n) is 13.2. The molecule has 0 aromatic heterocycles. The van der Waals surface area contributed by atoms with Crippen molar-refractivity contribution in [1.29, 1.82) is 0 Å². The minimum atomic E-state index is -1.03. The molecule has 0 radical (unpaired) electrons. The number of amides is 1. The molecule has 1 amide bonds. The number of alkyl carbamates (subject to hydrolysis) is 1. The summed E-state index contributed by atoms with van der Waals surface area (Å²) in [5, 5.41) is 11.1. The molecule has 0 bridgehead atoms. The van der Waals surface area contributed by atoms with Gasteiger partial charge in [0.25, 0.3) is 0 Å². The van der Waals surface area contributed by atoms with Crippen LogP contribution >= 0.6 is 0 Å². The number of carboxylic acids is 1. The highest BCUT2D eigenvalue weighted by atomic mass is 16.6. The third kappa shape index (κ3) is 7.28. The highest BCUT2D eigenvalue weighted by Gasteiger charge is 2.27. The van der Waals surface area contributed by atoms with Crippen molar-refractivity contribution >= 4 is 18.0 Å². The van der Waals surface area contributed by atoms with Crippen molar-refractivity contribution in [2.75, 3.05) is 6.61 Å². The Labute approximate surface area is 130 Å². The Morgan fingerprint density at radius 3 is 2.41 bits per heavy atom. The first-order valence-corrected chi connectivity index (χ1v) is 7.74. The summed E-state index contributed by atoms with van der Waals surface area (Å²) in [4.78, 5) is 34.4. The van der Waals surface area contributed by atoms with Gasteiger partial charge in [0.2, 0.25) is 0 Å². The van der Waals surface area contributed by atoms with Crippen molar-refractivity contribution in [3.8, 4) is 0 Å². The summed E-state index contributed by atoms with van der Waals surface area (Å²) in [6.45, 7) is 4.02. The van der Waals surface area contributed by atoms with Crippen molar-refractivity contribution in [3.05, 3.63) is 0 Å². The molecule has 7 heteroatoms. The monoisotopic (exact) mass is 315 g/mol. The predicted molar refractivity (Wildman–Crippen MR) is 78.3 cm³/mol. The minimum absolute atomic E-state index is 0.0162. The molecule has 1 fully saturated rings. The number of nitrogens with one attached hydrogen (secondary N) is 1. The maximum Gasteiger partial charge on any atom is 0.407 e. The van der Waals surface area contributed by atoms with E-state index in [0.29, 0.717) is 0 Å². The molecule has 0 heterocycles. The summed E-state index contributed by atoms with van der Waals surface area (Å²) in [7, 11) is 0. The Kier molecular flexibility index (Phi) is 7.70. The lowest BCUT2D eigenvalue weighted by Crippen LogP contribution is -2.43. The third-order valence-electron chi connectivity index (χ3n) is 3.36. The van der Waals surface area contributed by atoms with Gasteiger partial charge < -0.3 is 19.9 Å². The van der Waals surface area contributed by atoms with Crippen LogP contribution in [0.15, 0.2) is 0 Å². The number of esters is 1. The SMILES string of the molecule is CC(C)COC(=O)N[C@H](CCC(=O)O)C(=O)OC1CCCC1. The van der Waals surface area contributed by atoms with E-state index >= 15 is 0 Å². The van der Waals surface area contributed by atoms with Gasteiger partial charge in [-0.1, -0.05) is 13.8 Å². The molecule has 0 saturated heterocycles. The molecule has 126 valence electrons. The van der Waals surface area contributed by atoms with E-state index in [4.69, 9.17) is 14.6 Å². The molecule has 1 aliphatic carbocycles. The van der Waals surface area contributed by atoms with Gasteiger partial charge in [0.05, 0.1) is 6.61 Å². The van der Waals surface area contributed by atoms with Crippen molar-refractivity contribution < 1.29 is 29.0 Å². The molecular weight excluding hydrogens is 290 g/mol. The lowest BCUT2D eigenvalue weighted by Gasteiger charge is -2.20. The summed E-state index contributed by atoms with van der Waals surface area (Å²) in [5.41, 5.74) is 0. The number of carbonyl (C=O) groups is 3. The van der Waals surface area contributed by atoms with Crippen LogP contribution in [0.2, 0.25) is 0 Å². The number of ether oxygens (including phenoxy) is 2. The molecule has 1 rings (SSSR count). The van der Waals surface area contributed by atoms with Crippen LogP contribution in [0.4, 0.5) is 4.79 Å². The Hall–Kier alpha value is -1.79. The molecule has 1 atom stereocenters. The number of hydrogen-bond acceptors (Lipinski definition) is 5. The largest absolute Gasteiger partial charge is 0.481 e. The molecule has 22 heavy (non-hydrogen) atoms. The molecule has 0 unspecified atom stereocenters. The van der Waals surface area contributed by atoms with E-state index in [0.717, 1.165) is 25.7 Å². The zero-order chi connectivity index (χ0) is 16.5. The highest BCUT2D eigenvalue weighted by molar-refractivity contribution is 5.82. The second kappa shape index (κ2) is 9.27. The van der Waals surface area contributed by atoms with Gasteiger partial charge in [-0.05, 0) is 38.0 Å². The van der Waals surface area contributed by atoms with Crippen LogP contribution in [0.1, 0.15) is 52.4 Å². The Balaban J connectivity index is 2.51. The van der Waals surface area contributed by atoms with Crippen molar-refractivity contribution in [3.63, 3.8) is 0 Å². The molecule has 0 spiro atoms. The predicted octanol–water partition coefficient (Wildman–Crippen LogP) is 2.09. The second-order valence-corrected chi connectivity index (χ2v) is 5.96. The maximum absolute atomic E-state index is 12.1. The summed E-state index contributed by atoms with van der Waals surface area (Å²) in [6, 6.07) is -0.989. The molecule has 2 N–H and O–H groups in total. The van der Waals surface area contributed by atoms with Crippen molar-refractivity contribution in [2.24, 2.45) is 5.92 Å². The van der Waals surface area contributed by atoms with E-state index in [-0.39, 0.29) is 31.5 Å². The van der Waals surface area contributed by atoms with Crippen LogP contribution in [0, 0.1) is 5.92 Å². The summed E-state index contributed by atoms with van der Waals surface area (Å²) in [5.74, 6) is -1.45. The fourth-order valence-corrected chi connectivity index (χ4v) is 2.20. The first-order chi connectivity index (χ1) is 10.4. The first kappa shape index (κ1) is 18.3. The number of carboxylic acid groups (broad SMARTS) is 1. The fraction of sp³-hybridized carbons (Fsp3) is 0.800. The van der Waals surface area contributed by atoms with Gasteiger partial charge in [-0.25, -0.2) is 9.59 Å². The third-order valence-corrected chi connectivity index (χ3v) is 3.36. The maximum atomic E-state index is 12.1. The summed E-state index contributed by atoms with van der Waals surface area (Å²) < 4.78 is 10.3. The summed E-state index contributed by atoms with van der Waals surface area (Å²) in [6.07, 6.45) is 2.56. The quantitative estimate of drug-likeness (QED) is 0.665. The fourth-order valence-electron chi connectivity index (χ4n) is 2.20. The van der Waals surface area contributed by atoms with E-state index in [1.807, 2.05) is 13.8 Å². The molecule has 0 aromatic rings. The normalized spacial score (nSPS) is 16.3. The molecular formula is C15H25NO6. The van der Waals surface area contributed by atoms with Crippen LogP contribution in [0.3, 0.4) is 0 Å². The average molecular weight is 315 g/mol. The Bertz CT molecular complexity index is 389. The van der Waals surface area contributed by atoms with Crippen LogP contribution in [0.5, 0.6) is 0 Å². The minimum Gasteiger partial charge on any atom is -0.481 e.